The van der Waals surface area contributed by atoms with Crippen LogP contribution in [0.4, 0.5) is 5.69 Å². The average Bonchev–Trinajstić information content (AvgIpc) is 2.39. The number of nitriles is 1. The van der Waals surface area contributed by atoms with Gasteiger partial charge in [-0.15, -0.1) is 0 Å². The number of nitrogens with one attached hydrogen (secondary N) is 1. The van der Waals surface area contributed by atoms with Gasteiger partial charge in [-0.25, -0.2) is 0 Å². The summed E-state index contributed by atoms with van der Waals surface area (Å²) in [5.41, 5.74) is 0.712. The third kappa shape index (κ3) is 4.23. The molecule has 0 bridgehead atoms. The predicted molar refractivity (Wildman–Crippen MR) is 74.9 cm³/mol. The quantitative estimate of drug-likeness (QED) is 0.924. The van der Waals surface area contributed by atoms with Crippen molar-refractivity contribution in [2.24, 2.45) is 5.92 Å². The highest BCUT2D eigenvalue weighted by molar-refractivity contribution is 6.30. The van der Waals surface area contributed by atoms with Gasteiger partial charge in [0.2, 0.25) is 5.91 Å². The summed E-state index contributed by atoms with van der Waals surface area (Å²) in [5.74, 6) is 0.102. The number of likely N-dealkylation sites (tertiary alicyclic amines) is 1. The van der Waals surface area contributed by atoms with Crippen LogP contribution in [0, 0.1) is 17.2 Å². The second-order valence-electron chi connectivity index (χ2n) is 4.74. The minimum absolute atomic E-state index is 0.0438. The van der Waals surface area contributed by atoms with Gasteiger partial charge in [0.05, 0.1) is 12.6 Å². The molecule has 1 amide bonds. The van der Waals surface area contributed by atoms with E-state index in [1.54, 1.807) is 18.2 Å². The van der Waals surface area contributed by atoms with Crippen LogP contribution < -0.4 is 5.32 Å². The summed E-state index contributed by atoms with van der Waals surface area (Å²) < 4.78 is 0. The summed E-state index contributed by atoms with van der Waals surface area (Å²) in [6, 6.07) is 9.39. The molecule has 0 atom stereocenters. The number of hydrogen-bond acceptors (Lipinski definition) is 3. The molecular formula is C14H16ClN3O. The number of rotatable bonds is 3. The minimum atomic E-state index is -0.0438. The second kappa shape index (κ2) is 6.55. The number of benzene rings is 1. The van der Waals surface area contributed by atoms with Crippen LogP contribution in [0.1, 0.15) is 12.8 Å². The Labute approximate surface area is 118 Å². The van der Waals surface area contributed by atoms with Gasteiger partial charge in [0.15, 0.2) is 0 Å². The molecule has 0 unspecified atom stereocenters. The minimum Gasteiger partial charge on any atom is -0.325 e. The highest BCUT2D eigenvalue weighted by atomic mass is 35.5. The van der Waals surface area contributed by atoms with Gasteiger partial charge in [0, 0.05) is 16.6 Å². The highest BCUT2D eigenvalue weighted by Gasteiger charge is 2.20. The number of carbonyl (C=O) groups is 1. The van der Waals surface area contributed by atoms with Crippen molar-refractivity contribution in [2.75, 3.05) is 25.0 Å². The van der Waals surface area contributed by atoms with Gasteiger partial charge >= 0.3 is 0 Å². The first kappa shape index (κ1) is 13.9. The molecule has 1 aliphatic rings. The molecule has 1 saturated heterocycles. The topological polar surface area (TPSA) is 56.1 Å². The normalized spacial score (nSPS) is 16.8. The van der Waals surface area contributed by atoms with Crippen LogP contribution in [-0.4, -0.2) is 30.4 Å². The van der Waals surface area contributed by atoms with Crippen LogP contribution in [0.5, 0.6) is 0 Å². The lowest BCUT2D eigenvalue weighted by Crippen LogP contribution is -2.39. The summed E-state index contributed by atoms with van der Waals surface area (Å²) in [5, 5.41) is 12.2. The molecule has 19 heavy (non-hydrogen) atoms. The maximum absolute atomic E-state index is 11.9. The van der Waals surface area contributed by atoms with E-state index in [0.717, 1.165) is 25.9 Å². The van der Waals surface area contributed by atoms with E-state index in [0.29, 0.717) is 17.3 Å². The van der Waals surface area contributed by atoms with E-state index in [1.165, 1.54) is 0 Å². The smallest absolute Gasteiger partial charge is 0.238 e. The van der Waals surface area contributed by atoms with Crippen molar-refractivity contribution in [3.05, 3.63) is 29.3 Å². The number of halogens is 1. The standard InChI is InChI=1S/C14H16ClN3O/c15-12-2-1-3-13(8-12)17-14(19)10-18-6-4-11(9-16)5-7-18/h1-3,8,11H,4-7,10H2,(H,17,19). The number of amides is 1. The Balaban J connectivity index is 1.81. The Hall–Kier alpha value is -1.57. The highest BCUT2D eigenvalue weighted by Crippen LogP contribution is 2.17. The second-order valence-corrected chi connectivity index (χ2v) is 5.17. The van der Waals surface area contributed by atoms with Crippen molar-refractivity contribution in [1.82, 2.24) is 4.90 Å². The van der Waals surface area contributed by atoms with Crippen LogP contribution in [0.3, 0.4) is 0 Å². The lowest BCUT2D eigenvalue weighted by molar-refractivity contribution is -0.117. The van der Waals surface area contributed by atoms with Crippen molar-refractivity contribution in [2.45, 2.75) is 12.8 Å². The van der Waals surface area contributed by atoms with Gasteiger partial charge < -0.3 is 5.32 Å². The molecule has 5 heteroatoms. The van der Waals surface area contributed by atoms with E-state index < -0.39 is 0 Å². The zero-order valence-corrected chi connectivity index (χ0v) is 11.4. The Morgan fingerprint density at radius 2 is 2.21 bits per heavy atom. The zero-order chi connectivity index (χ0) is 13.7. The fraction of sp³-hybridized carbons (Fsp3) is 0.429. The van der Waals surface area contributed by atoms with Crippen molar-refractivity contribution in [1.29, 1.82) is 5.26 Å². The van der Waals surface area contributed by atoms with E-state index >= 15 is 0 Å². The molecule has 0 spiro atoms. The summed E-state index contributed by atoms with van der Waals surface area (Å²) in [6.45, 7) is 1.98. The molecule has 0 saturated carbocycles. The fourth-order valence-electron chi connectivity index (χ4n) is 2.19. The molecule has 100 valence electrons. The Bertz CT molecular complexity index is 490. The molecule has 2 rings (SSSR count). The van der Waals surface area contributed by atoms with Crippen LogP contribution in [-0.2, 0) is 4.79 Å². The number of anilines is 1. The Kier molecular flexibility index (Phi) is 4.78. The van der Waals surface area contributed by atoms with Crippen molar-refractivity contribution in [3.8, 4) is 6.07 Å². The van der Waals surface area contributed by atoms with Gasteiger partial charge in [-0.1, -0.05) is 17.7 Å². The van der Waals surface area contributed by atoms with E-state index in [1.807, 2.05) is 6.07 Å². The van der Waals surface area contributed by atoms with Gasteiger partial charge in [-0.2, -0.15) is 5.26 Å². The molecule has 1 fully saturated rings. The average molecular weight is 278 g/mol. The molecule has 0 radical (unpaired) electrons. The molecule has 1 aliphatic heterocycles. The molecule has 1 heterocycles. The van der Waals surface area contributed by atoms with Crippen LogP contribution in [0.15, 0.2) is 24.3 Å². The zero-order valence-electron chi connectivity index (χ0n) is 10.6. The van der Waals surface area contributed by atoms with Crippen LogP contribution in [0.2, 0.25) is 5.02 Å². The van der Waals surface area contributed by atoms with Gasteiger partial charge in [-0.3, -0.25) is 9.69 Å². The molecule has 0 aromatic heterocycles. The van der Waals surface area contributed by atoms with Crippen molar-refractivity contribution in [3.63, 3.8) is 0 Å². The molecule has 1 aromatic rings. The van der Waals surface area contributed by atoms with E-state index in [-0.39, 0.29) is 11.8 Å². The first-order valence-electron chi connectivity index (χ1n) is 6.35. The van der Waals surface area contributed by atoms with Gasteiger partial charge in [0.25, 0.3) is 0 Å². The lowest BCUT2D eigenvalue weighted by atomic mass is 9.99. The molecular weight excluding hydrogens is 262 g/mol. The summed E-state index contributed by atoms with van der Waals surface area (Å²) in [4.78, 5) is 14.0. The van der Waals surface area contributed by atoms with Crippen molar-refractivity contribution < 1.29 is 4.79 Å². The first-order chi connectivity index (χ1) is 9.17. The van der Waals surface area contributed by atoms with E-state index in [9.17, 15) is 4.79 Å². The monoisotopic (exact) mass is 277 g/mol. The number of hydrogen-bond donors (Lipinski definition) is 1. The lowest BCUT2D eigenvalue weighted by Gasteiger charge is -2.28. The maximum atomic E-state index is 11.9. The number of piperidine rings is 1. The number of nitrogens with zero attached hydrogens (tertiary/aromatic N) is 2. The number of carbonyl (C=O) groups excluding carboxylic acids is 1. The fourth-order valence-corrected chi connectivity index (χ4v) is 2.38. The summed E-state index contributed by atoms with van der Waals surface area (Å²) >= 11 is 5.86. The predicted octanol–water partition coefficient (Wildman–Crippen LogP) is 2.51. The van der Waals surface area contributed by atoms with Gasteiger partial charge in [0.1, 0.15) is 0 Å². The third-order valence-corrected chi connectivity index (χ3v) is 3.48. The Morgan fingerprint density at radius 1 is 1.47 bits per heavy atom. The summed E-state index contributed by atoms with van der Waals surface area (Å²) in [6.07, 6.45) is 1.70. The van der Waals surface area contributed by atoms with Crippen molar-refractivity contribution >= 4 is 23.2 Å². The van der Waals surface area contributed by atoms with Crippen LogP contribution in [0.25, 0.3) is 0 Å². The Morgan fingerprint density at radius 3 is 2.84 bits per heavy atom. The summed E-state index contributed by atoms with van der Waals surface area (Å²) in [7, 11) is 0. The van der Waals surface area contributed by atoms with Gasteiger partial charge in [-0.05, 0) is 44.1 Å². The molecule has 0 aliphatic carbocycles. The maximum Gasteiger partial charge on any atom is 0.238 e. The molecule has 1 N–H and O–H groups in total. The van der Waals surface area contributed by atoms with Crippen LogP contribution >= 0.6 is 11.6 Å². The molecule has 1 aromatic carbocycles. The largest absolute Gasteiger partial charge is 0.325 e. The van der Waals surface area contributed by atoms with E-state index in [4.69, 9.17) is 16.9 Å². The molecule has 4 nitrogen and oxygen atoms in total. The van der Waals surface area contributed by atoms with E-state index in [2.05, 4.69) is 16.3 Å². The third-order valence-electron chi connectivity index (χ3n) is 3.25. The SMILES string of the molecule is N#CC1CCN(CC(=O)Nc2cccc(Cl)c2)CC1. The first-order valence-corrected chi connectivity index (χ1v) is 6.72.